The molecule has 8 nitrogen and oxygen atoms in total. The molecule has 0 bridgehead atoms. The standard InChI is InChI=1S/C18H26N4O4S/c23-15-12-13(18(26-15)5-2-1-3-6-18)16(24)19-17-21-20-14(27-17)4-7-22-8-10-25-11-9-22/h13H,1-12H2,(H,19,21,24). The van der Waals surface area contributed by atoms with Gasteiger partial charge in [-0.1, -0.05) is 17.8 Å². The van der Waals surface area contributed by atoms with Crippen molar-refractivity contribution in [1.29, 1.82) is 0 Å². The topological polar surface area (TPSA) is 93.7 Å². The molecule has 1 saturated carbocycles. The number of amides is 1. The Balaban J connectivity index is 1.34. The molecule has 1 aromatic heterocycles. The lowest BCUT2D eigenvalue weighted by Crippen LogP contribution is -2.43. The van der Waals surface area contributed by atoms with Gasteiger partial charge in [0.1, 0.15) is 10.6 Å². The molecule has 1 spiro atoms. The molecule has 1 atom stereocenters. The second kappa shape index (κ2) is 8.20. The van der Waals surface area contributed by atoms with Crippen molar-refractivity contribution < 1.29 is 19.1 Å². The van der Waals surface area contributed by atoms with Crippen LogP contribution in [0.15, 0.2) is 0 Å². The van der Waals surface area contributed by atoms with Crippen LogP contribution in [0.4, 0.5) is 5.13 Å². The molecule has 1 amide bonds. The minimum atomic E-state index is -0.608. The molecule has 148 valence electrons. The quantitative estimate of drug-likeness (QED) is 0.759. The third-order valence-corrected chi connectivity index (χ3v) is 6.68. The largest absolute Gasteiger partial charge is 0.458 e. The van der Waals surface area contributed by atoms with E-state index in [9.17, 15) is 9.59 Å². The van der Waals surface area contributed by atoms with Gasteiger partial charge < -0.3 is 14.8 Å². The first-order valence-electron chi connectivity index (χ1n) is 9.80. The van der Waals surface area contributed by atoms with Gasteiger partial charge in [0, 0.05) is 26.1 Å². The number of nitrogens with zero attached hydrogens (tertiary/aromatic N) is 3. The molecular weight excluding hydrogens is 368 g/mol. The van der Waals surface area contributed by atoms with E-state index in [1.807, 2.05) is 0 Å². The molecule has 3 aliphatic rings. The Morgan fingerprint density at radius 3 is 2.78 bits per heavy atom. The van der Waals surface area contributed by atoms with E-state index in [1.165, 1.54) is 11.3 Å². The smallest absolute Gasteiger partial charge is 0.307 e. The summed E-state index contributed by atoms with van der Waals surface area (Å²) in [5.74, 6) is -0.856. The Bertz CT molecular complexity index is 683. The van der Waals surface area contributed by atoms with E-state index in [-0.39, 0.29) is 18.3 Å². The first kappa shape index (κ1) is 18.8. The lowest BCUT2D eigenvalue weighted by molar-refractivity contribution is -0.153. The summed E-state index contributed by atoms with van der Waals surface area (Å²) < 4.78 is 11.0. The number of anilines is 1. The van der Waals surface area contributed by atoms with Crippen molar-refractivity contribution >= 4 is 28.3 Å². The van der Waals surface area contributed by atoms with Crippen LogP contribution in [0.3, 0.4) is 0 Å². The number of carbonyl (C=O) groups is 2. The minimum Gasteiger partial charge on any atom is -0.458 e. The van der Waals surface area contributed by atoms with Gasteiger partial charge in [-0.2, -0.15) is 0 Å². The normalized spacial score (nSPS) is 25.5. The van der Waals surface area contributed by atoms with Crippen LogP contribution in [0.25, 0.3) is 0 Å². The highest BCUT2D eigenvalue weighted by atomic mass is 32.1. The molecule has 9 heteroatoms. The van der Waals surface area contributed by atoms with Crippen molar-refractivity contribution in [3.8, 4) is 0 Å². The number of esters is 1. The highest BCUT2D eigenvalue weighted by molar-refractivity contribution is 7.15. The Morgan fingerprint density at radius 1 is 1.22 bits per heavy atom. The third kappa shape index (κ3) is 4.30. The number of carbonyl (C=O) groups excluding carboxylic acids is 2. The van der Waals surface area contributed by atoms with Crippen molar-refractivity contribution in [1.82, 2.24) is 15.1 Å². The molecule has 1 aliphatic carbocycles. The van der Waals surface area contributed by atoms with Gasteiger partial charge in [0.25, 0.3) is 0 Å². The first-order chi connectivity index (χ1) is 13.1. The van der Waals surface area contributed by atoms with Gasteiger partial charge in [-0.15, -0.1) is 10.2 Å². The molecule has 3 fully saturated rings. The van der Waals surface area contributed by atoms with Crippen molar-refractivity contribution in [3.63, 3.8) is 0 Å². The van der Waals surface area contributed by atoms with E-state index in [2.05, 4.69) is 20.4 Å². The van der Waals surface area contributed by atoms with Crippen molar-refractivity contribution in [2.24, 2.45) is 5.92 Å². The van der Waals surface area contributed by atoms with Gasteiger partial charge in [-0.05, 0) is 25.7 Å². The highest BCUT2D eigenvalue weighted by Gasteiger charge is 2.52. The second-order valence-corrected chi connectivity index (χ2v) is 8.61. The fraction of sp³-hybridized carbons (Fsp3) is 0.778. The van der Waals surface area contributed by atoms with Crippen LogP contribution in [0.1, 0.15) is 43.5 Å². The maximum atomic E-state index is 12.8. The van der Waals surface area contributed by atoms with Crippen LogP contribution in [0.5, 0.6) is 0 Å². The maximum absolute atomic E-state index is 12.8. The van der Waals surface area contributed by atoms with Crippen LogP contribution in [-0.4, -0.2) is 65.4 Å². The summed E-state index contributed by atoms with van der Waals surface area (Å²) in [7, 11) is 0. The van der Waals surface area contributed by atoms with Gasteiger partial charge >= 0.3 is 5.97 Å². The molecule has 2 saturated heterocycles. The summed E-state index contributed by atoms with van der Waals surface area (Å²) in [4.78, 5) is 27.0. The zero-order chi connectivity index (χ0) is 18.7. The number of rotatable bonds is 5. The van der Waals surface area contributed by atoms with Gasteiger partial charge in [0.2, 0.25) is 11.0 Å². The number of hydrogen-bond acceptors (Lipinski definition) is 8. The minimum absolute atomic E-state index is 0.161. The number of aromatic nitrogens is 2. The first-order valence-corrected chi connectivity index (χ1v) is 10.6. The van der Waals surface area contributed by atoms with E-state index in [4.69, 9.17) is 9.47 Å². The summed E-state index contributed by atoms with van der Waals surface area (Å²) in [6.45, 7) is 4.36. The molecule has 1 unspecified atom stereocenters. The molecule has 0 aromatic carbocycles. The Kier molecular flexibility index (Phi) is 5.70. The van der Waals surface area contributed by atoms with E-state index < -0.39 is 11.5 Å². The van der Waals surface area contributed by atoms with Crippen LogP contribution < -0.4 is 5.32 Å². The zero-order valence-electron chi connectivity index (χ0n) is 15.4. The fourth-order valence-corrected chi connectivity index (χ4v) is 5.03. The average Bonchev–Trinajstić information content (AvgIpc) is 3.25. The summed E-state index contributed by atoms with van der Waals surface area (Å²) in [5, 5.41) is 12.6. The predicted molar refractivity (Wildman–Crippen MR) is 99.5 cm³/mol. The Morgan fingerprint density at radius 2 is 2.00 bits per heavy atom. The molecule has 1 aromatic rings. The number of hydrogen-bond donors (Lipinski definition) is 1. The van der Waals surface area contributed by atoms with Crippen LogP contribution >= 0.6 is 11.3 Å². The summed E-state index contributed by atoms with van der Waals surface area (Å²) in [5.41, 5.74) is -0.608. The average molecular weight is 394 g/mol. The highest BCUT2D eigenvalue weighted by Crippen LogP contribution is 2.44. The second-order valence-electron chi connectivity index (χ2n) is 7.55. The van der Waals surface area contributed by atoms with Gasteiger partial charge in [-0.3, -0.25) is 14.5 Å². The molecule has 0 radical (unpaired) electrons. The summed E-state index contributed by atoms with van der Waals surface area (Å²) in [6, 6.07) is 0. The zero-order valence-corrected chi connectivity index (χ0v) is 16.3. The van der Waals surface area contributed by atoms with Gasteiger partial charge in [-0.25, -0.2) is 0 Å². The van der Waals surface area contributed by atoms with Crippen LogP contribution in [-0.2, 0) is 25.5 Å². The molecule has 1 N–H and O–H groups in total. The Labute approximate surface area is 162 Å². The molecular formula is C18H26N4O4S. The Hall–Kier alpha value is -1.58. The number of morpholine rings is 1. The van der Waals surface area contributed by atoms with E-state index in [0.717, 1.165) is 76.4 Å². The van der Waals surface area contributed by atoms with Gasteiger partial charge in [0.05, 0.1) is 25.6 Å². The van der Waals surface area contributed by atoms with E-state index in [0.29, 0.717) is 5.13 Å². The summed E-state index contributed by atoms with van der Waals surface area (Å²) >= 11 is 1.41. The number of ether oxygens (including phenoxy) is 2. The molecule has 4 rings (SSSR count). The molecule has 2 aliphatic heterocycles. The number of nitrogens with one attached hydrogen (secondary N) is 1. The third-order valence-electron chi connectivity index (χ3n) is 5.78. The van der Waals surface area contributed by atoms with Crippen molar-refractivity contribution in [2.45, 2.75) is 50.5 Å². The lowest BCUT2D eigenvalue weighted by atomic mass is 9.75. The lowest BCUT2D eigenvalue weighted by Gasteiger charge is -2.35. The molecule has 27 heavy (non-hydrogen) atoms. The van der Waals surface area contributed by atoms with Crippen molar-refractivity contribution in [3.05, 3.63) is 5.01 Å². The van der Waals surface area contributed by atoms with E-state index >= 15 is 0 Å². The SMILES string of the molecule is O=C1CC(C(=O)Nc2nnc(CCN3CCOCC3)s2)C2(CCCCC2)O1. The van der Waals surface area contributed by atoms with Crippen LogP contribution in [0, 0.1) is 5.92 Å². The summed E-state index contributed by atoms with van der Waals surface area (Å²) in [6.07, 6.45) is 5.66. The van der Waals surface area contributed by atoms with E-state index in [1.54, 1.807) is 0 Å². The fourth-order valence-electron chi connectivity index (χ4n) is 4.30. The van der Waals surface area contributed by atoms with Gasteiger partial charge in [0.15, 0.2) is 0 Å². The predicted octanol–water partition coefficient (Wildman–Crippen LogP) is 1.62. The molecule has 3 heterocycles. The van der Waals surface area contributed by atoms with Crippen molar-refractivity contribution in [2.75, 3.05) is 38.2 Å². The maximum Gasteiger partial charge on any atom is 0.307 e. The monoisotopic (exact) mass is 394 g/mol. The van der Waals surface area contributed by atoms with Crippen LogP contribution in [0.2, 0.25) is 0 Å².